The van der Waals surface area contributed by atoms with Crippen LogP contribution in [-0.4, -0.2) is 42.4 Å². The van der Waals surface area contributed by atoms with E-state index in [1.54, 1.807) is 24.3 Å². The van der Waals surface area contributed by atoms with Gasteiger partial charge < -0.3 is 27.6 Å². The summed E-state index contributed by atoms with van der Waals surface area (Å²) in [6.07, 6.45) is 6.39. The van der Waals surface area contributed by atoms with E-state index >= 15 is 0 Å². The lowest BCUT2D eigenvalue weighted by Crippen LogP contribution is -2.29. The van der Waals surface area contributed by atoms with Crippen LogP contribution in [-0.2, 0) is 16.0 Å². The van der Waals surface area contributed by atoms with Crippen LogP contribution in [0.15, 0.2) is 54.6 Å². The highest BCUT2D eigenvalue weighted by molar-refractivity contribution is 5.91. The lowest BCUT2D eigenvalue weighted by atomic mass is 10.1. The number of rotatable bonds is 12. The van der Waals surface area contributed by atoms with Crippen molar-refractivity contribution in [2.75, 3.05) is 18.4 Å². The Hall–Kier alpha value is -3.07. The molecule has 1 unspecified atom stereocenters. The fourth-order valence-electron chi connectivity index (χ4n) is 2.65. The summed E-state index contributed by atoms with van der Waals surface area (Å²) >= 11 is 0. The van der Waals surface area contributed by atoms with Crippen molar-refractivity contribution in [3.8, 4) is 0 Å². The van der Waals surface area contributed by atoms with E-state index in [1.807, 2.05) is 25.1 Å². The molecule has 0 spiro atoms. The lowest BCUT2D eigenvalue weighted by Gasteiger charge is -2.04. The monoisotopic (exact) mass is 472 g/mol. The van der Waals surface area contributed by atoms with Gasteiger partial charge in [0, 0.05) is 17.7 Å². The lowest BCUT2D eigenvalue weighted by molar-refractivity contribution is -0.138. The van der Waals surface area contributed by atoms with Crippen molar-refractivity contribution in [3.63, 3.8) is 0 Å². The number of hydrogen-bond donors (Lipinski definition) is 5. The SMILES string of the molecule is CCCCC(=O)Nc1ccc(C=O)cc1.NCCCCC(N)C(=O)O.NCCc1ccccc1. The van der Waals surface area contributed by atoms with Gasteiger partial charge in [0.25, 0.3) is 0 Å². The molecule has 0 aliphatic carbocycles. The number of nitrogens with one attached hydrogen (secondary N) is 1. The average molecular weight is 473 g/mol. The van der Waals surface area contributed by atoms with Crippen LogP contribution in [0, 0.1) is 0 Å². The Morgan fingerprint density at radius 1 is 0.971 bits per heavy atom. The van der Waals surface area contributed by atoms with Gasteiger partial charge in [0.15, 0.2) is 0 Å². The number of aldehydes is 1. The van der Waals surface area contributed by atoms with Crippen LogP contribution in [0.4, 0.5) is 5.69 Å². The highest BCUT2D eigenvalue weighted by Gasteiger charge is 2.09. The minimum absolute atomic E-state index is 0.0238. The molecule has 8 heteroatoms. The summed E-state index contributed by atoms with van der Waals surface area (Å²) in [6, 6.07) is 16.4. The molecule has 34 heavy (non-hydrogen) atoms. The predicted molar refractivity (Wildman–Crippen MR) is 138 cm³/mol. The molecule has 0 fully saturated rings. The van der Waals surface area contributed by atoms with Crippen molar-refractivity contribution in [1.29, 1.82) is 0 Å². The normalized spacial score (nSPS) is 10.6. The molecule has 0 bridgehead atoms. The topological polar surface area (TPSA) is 162 Å². The Bertz CT molecular complexity index is 798. The van der Waals surface area contributed by atoms with E-state index in [-0.39, 0.29) is 5.91 Å². The zero-order valence-electron chi connectivity index (χ0n) is 20.1. The molecule has 0 saturated carbocycles. The number of carboxylic acid groups (broad SMARTS) is 1. The molecule has 2 rings (SSSR count). The maximum atomic E-state index is 11.3. The molecule has 1 amide bonds. The van der Waals surface area contributed by atoms with Crippen molar-refractivity contribution >= 4 is 23.9 Å². The van der Waals surface area contributed by atoms with E-state index in [9.17, 15) is 14.4 Å². The molecule has 0 aliphatic heterocycles. The van der Waals surface area contributed by atoms with E-state index in [4.69, 9.17) is 22.3 Å². The van der Waals surface area contributed by atoms with E-state index in [0.717, 1.165) is 50.6 Å². The summed E-state index contributed by atoms with van der Waals surface area (Å²) in [5.41, 5.74) is 18.4. The quantitative estimate of drug-likeness (QED) is 0.234. The van der Waals surface area contributed by atoms with Crippen LogP contribution in [0.1, 0.15) is 61.4 Å². The predicted octanol–water partition coefficient (Wildman–Crippen LogP) is 3.34. The summed E-state index contributed by atoms with van der Waals surface area (Å²) in [5, 5.41) is 11.1. The van der Waals surface area contributed by atoms with Gasteiger partial charge in [-0.15, -0.1) is 0 Å². The van der Waals surface area contributed by atoms with Crippen LogP contribution in [0.3, 0.4) is 0 Å². The molecular weight excluding hydrogens is 432 g/mol. The minimum Gasteiger partial charge on any atom is -0.480 e. The van der Waals surface area contributed by atoms with Crippen molar-refractivity contribution in [1.82, 2.24) is 0 Å². The van der Waals surface area contributed by atoms with Crippen molar-refractivity contribution < 1.29 is 19.5 Å². The average Bonchev–Trinajstić information content (AvgIpc) is 2.85. The summed E-state index contributed by atoms with van der Waals surface area (Å²) in [5.74, 6) is -0.910. The number of amides is 1. The number of hydrogen-bond acceptors (Lipinski definition) is 6. The summed E-state index contributed by atoms with van der Waals surface area (Å²) in [7, 11) is 0. The van der Waals surface area contributed by atoms with Crippen LogP contribution in [0.2, 0.25) is 0 Å². The molecule has 2 aromatic carbocycles. The van der Waals surface area contributed by atoms with Gasteiger partial charge in [0.1, 0.15) is 12.3 Å². The molecular formula is C26H40N4O4. The third-order valence-corrected chi connectivity index (χ3v) is 4.65. The molecule has 0 aromatic heterocycles. The van der Waals surface area contributed by atoms with Gasteiger partial charge in [-0.3, -0.25) is 14.4 Å². The van der Waals surface area contributed by atoms with Gasteiger partial charge in [-0.2, -0.15) is 0 Å². The number of unbranched alkanes of at least 4 members (excludes halogenated alkanes) is 2. The second-order valence-electron chi connectivity index (χ2n) is 7.65. The Balaban J connectivity index is 0.000000503. The van der Waals surface area contributed by atoms with Crippen molar-refractivity contribution in [2.24, 2.45) is 17.2 Å². The molecule has 1 atom stereocenters. The Morgan fingerprint density at radius 2 is 1.62 bits per heavy atom. The molecule has 8 nitrogen and oxygen atoms in total. The number of carboxylic acids is 1. The Kier molecular flexibility index (Phi) is 18.7. The first-order valence-corrected chi connectivity index (χ1v) is 11.6. The van der Waals surface area contributed by atoms with Gasteiger partial charge in [0.2, 0.25) is 5.91 Å². The maximum Gasteiger partial charge on any atom is 0.320 e. The van der Waals surface area contributed by atoms with E-state index in [0.29, 0.717) is 24.9 Å². The Labute approximate surface area is 202 Å². The number of carbonyl (C=O) groups excluding carboxylic acids is 2. The highest BCUT2D eigenvalue weighted by atomic mass is 16.4. The van der Waals surface area contributed by atoms with Gasteiger partial charge in [-0.1, -0.05) is 50.1 Å². The van der Waals surface area contributed by atoms with E-state index in [2.05, 4.69) is 17.4 Å². The molecule has 188 valence electrons. The minimum atomic E-state index is -0.933. The largest absolute Gasteiger partial charge is 0.480 e. The van der Waals surface area contributed by atoms with Gasteiger partial charge in [-0.25, -0.2) is 0 Å². The first-order valence-electron chi connectivity index (χ1n) is 11.6. The highest BCUT2D eigenvalue weighted by Crippen LogP contribution is 2.09. The smallest absolute Gasteiger partial charge is 0.320 e. The van der Waals surface area contributed by atoms with Crippen molar-refractivity contribution in [3.05, 3.63) is 65.7 Å². The van der Waals surface area contributed by atoms with Gasteiger partial charge >= 0.3 is 5.97 Å². The number of carbonyl (C=O) groups is 3. The second kappa shape index (κ2) is 20.5. The molecule has 0 saturated heterocycles. The van der Waals surface area contributed by atoms with E-state index < -0.39 is 12.0 Å². The molecule has 2 aromatic rings. The fourth-order valence-corrected chi connectivity index (χ4v) is 2.65. The zero-order valence-corrected chi connectivity index (χ0v) is 20.1. The molecule has 0 aliphatic rings. The summed E-state index contributed by atoms with van der Waals surface area (Å²) in [4.78, 5) is 31.9. The zero-order chi connectivity index (χ0) is 25.6. The van der Waals surface area contributed by atoms with Crippen LogP contribution >= 0.6 is 0 Å². The number of nitrogens with two attached hydrogens (primary N) is 3. The molecule has 0 heterocycles. The molecule has 0 radical (unpaired) electrons. The second-order valence-corrected chi connectivity index (χ2v) is 7.65. The van der Waals surface area contributed by atoms with Crippen LogP contribution in [0.25, 0.3) is 0 Å². The number of aliphatic carboxylic acids is 1. The van der Waals surface area contributed by atoms with Gasteiger partial charge in [-0.05, 0) is 68.6 Å². The maximum absolute atomic E-state index is 11.3. The number of anilines is 1. The summed E-state index contributed by atoms with van der Waals surface area (Å²) in [6.45, 7) is 3.39. The summed E-state index contributed by atoms with van der Waals surface area (Å²) < 4.78 is 0. The third-order valence-electron chi connectivity index (χ3n) is 4.65. The van der Waals surface area contributed by atoms with Gasteiger partial charge in [0.05, 0.1) is 0 Å². The van der Waals surface area contributed by atoms with E-state index in [1.165, 1.54) is 5.56 Å². The standard InChI is InChI=1S/C12H15NO2.C8H11N.C6H14N2O2/c1-2-3-4-12(15)13-11-7-5-10(9-14)6-8-11;9-7-6-8-4-2-1-3-5-8;7-4-2-1-3-5(8)6(9)10/h5-9H,2-4H2,1H3,(H,13,15);1-5H,6-7,9H2;5H,1-4,7-8H2,(H,9,10). The van der Waals surface area contributed by atoms with Crippen molar-refractivity contribution in [2.45, 2.75) is 57.9 Å². The first-order chi connectivity index (χ1) is 16.4. The fraction of sp³-hybridized carbons (Fsp3) is 0.423. The molecule has 8 N–H and O–H groups in total. The van der Waals surface area contributed by atoms with Crippen LogP contribution < -0.4 is 22.5 Å². The van der Waals surface area contributed by atoms with Crippen LogP contribution in [0.5, 0.6) is 0 Å². The first kappa shape index (κ1) is 30.9. The third kappa shape index (κ3) is 16.5. The Morgan fingerprint density at radius 3 is 2.12 bits per heavy atom. The number of benzene rings is 2.